The fourth-order valence-corrected chi connectivity index (χ4v) is 1.13. The molecule has 0 amide bonds. The molecule has 1 rings (SSSR count). The molecule has 1 heterocycles. The van der Waals surface area contributed by atoms with Crippen LogP contribution in [0.2, 0.25) is 0 Å². The molecule has 0 atom stereocenters. The summed E-state index contributed by atoms with van der Waals surface area (Å²) in [6.45, 7) is 2.83. The Balaban J connectivity index is 2.40. The van der Waals surface area contributed by atoms with Gasteiger partial charge in [-0.2, -0.15) is 0 Å². The lowest BCUT2D eigenvalue weighted by molar-refractivity contribution is -0.137. The van der Waals surface area contributed by atoms with Gasteiger partial charge in [0.25, 0.3) is 0 Å². The first kappa shape index (κ1) is 9.70. The summed E-state index contributed by atoms with van der Waals surface area (Å²) in [7, 11) is 0. The van der Waals surface area contributed by atoms with Gasteiger partial charge in [0.1, 0.15) is 12.2 Å². The van der Waals surface area contributed by atoms with Crippen LogP contribution in [0.4, 0.5) is 0 Å². The number of carboxylic acid groups (broad SMARTS) is 1. The van der Waals surface area contributed by atoms with Gasteiger partial charge >= 0.3 is 5.97 Å². The van der Waals surface area contributed by atoms with Crippen molar-refractivity contribution in [2.24, 2.45) is 0 Å². The number of aromatic nitrogens is 3. The third-order valence-electron chi connectivity index (χ3n) is 1.83. The summed E-state index contributed by atoms with van der Waals surface area (Å²) in [5.74, 6) is 0.103. The van der Waals surface area contributed by atoms with Crippen molar-refractivity contribution in [3.05, 3.63) is 12.2 Å². The van der Waals surface area contributed by atoms with Gasteiger partial charge in [0.2, 0.25) is 0 Å². The van der Waals surface area contributed by atoms with Crippen LogP contribution in [-0.4, -0.2) is 25.8 Å². The Bertz CT molecular complexity index is 283. The first-order valence-electron chi connectivity index (χ1n) is 4.32. The van der Waals surface area contributed by atoms with Gasteiger partial charge in [-0.05, 0) is 13.3 Å². The lowest BCUT2D eigenvalue weighted by Crippen LogP contribution is -2.02. The summed E-state index contributed by atoms with van der Waals surface area (Å²) in [5.41, 5.74) is 0. The minimum absolute atomic E-state index is 0.191. The second-order valence-corrected chi connectivity index (χ2v) is 2.78. The van der Waals surface area contributed by atoms with E-state index in [0.29, 0.717) is 12.8 Å². The Morgan fingerprint density at radius 3 is 3.08 bits per heavy atom. The number of hydrogen-bond acceptors (Lipinski definition) is 3. The molecule has 0 aromatic carbocycles. The average molecular weight is 183 g/mol. The van der Waals surface area contributed by atoms with E-state index < -0.39 is 5.97 Å². The Kier molecular flexibility index (Phi) is 3.42. The summed E-state index contributed by atoms with van der Waals surface area (Å²) < 4.78 is 1.92. The smallest absolute Gasteiger partial charge is 0.303 e. The van der Waals surface area contributed by atoms with E-state index in [9.17, 15) is 4.79 Å². The molecule has 5 nitrogen and oxygen atoms in total. The highest BCUT2D eigenvalue weighted by molar-refractivity contribution is 5.66. The van der Waals surface area contributed by atoms with Crippen LogP contribution in [0.3, 0.4) is 0 Å². The normalized spacial score (nSPS) is 10.2. The molecule has 1 N–H and O–H groups in total. The zero-order chi connectivity index (χ0) is 9.68. The van der Waals surface area contributed by atoms with E-state index in [1.54, 1.807) is 6.33 Å². The van der Waals surface area contributed by atoms with Crippen LogP contribution in [0.15, 0.2) is 6.33 Å². The highest BCUT2D eigenvalue weighted by Crippen LogP contribution is 2.01. The van der Waals surface area contributed by atoms with Crippen molar-refractivity contribution >= 4 is 5.97 Å². The molecule has 5 heteroatoms. The van der Waals surface area contributed by atoms with E-state index in [1.165, 1.54) is 0 Å². The fourth-order valence-electron chi connectivity index (χ4n) is 1.13. The topological polar surface area (TPSA) is 68.0 Å². The highest BCUT2D eigenvalue weighted by Gasteiger charge is 2.03. The number of rotatable bonds is 5. The van der Waals surface area contributed by atoms with E-state index in [4.69, 9.17) is 5.11 Å². The monoisotopic (exact) mass is 183 g/mol. The van der Waals surface area contributed by atoms with Crippen molar-refractivity contribution in [1.82, 2.24) is 14.8 Å². The maximum atomic E-state index is 10.2. The number of nitrogens with zero attached hydrogens (tertiary/aromatic N) is 3. The Morgan fingerprint density at radius 1 is 1.69 bits per heavy atom. The van der Waals surface area contributed by atoms with Gasteiger partial charge in [0, 0.05) is 19.4 Å². The minimum Gasteiger partial charge on any atom is -0.481 e. The van der Waals surface area contributed by atoms with Crippen molar-refractivity contribution in [3.63, 3.8) is 0 Å². The first-order chi connectivity index (χ1) is 6.24. The van der Waals surface area contributed by atoms with E-state index in [0.717, 1.165) is 12.4 Å². The molecule has 0 aliphatic heterocycles. The van der Waals surface area contributed by atoms with Gasteiger partial charge in [-0.25, -0.2) is 0 Å². The molecule has 13 heavy (non-hydrogen) atoms. The fraction of sp³-hybridized carbons (Fsp3) is 0.625. The van der Waals surface area contributed by atoms with Gasteiger partial charge in [-0.3, -0.25) is 4.79 Å². The second-order valence-electron chi connectivity index (χ2n) is 2.78. The van der Waals surface area contributed by atoms with Gasteiger partial charge in [-0.1, -0.05) is 0 Å². The quantitative estimate of drug-likeness (QED) is 0.729. The zero-order valence-corrected chi connectivity index (χ0v) is 7.60. The van der Waals surface area contributed by atoms with Crippen molar-refractivity contribution in [2.75, 3.05) is 0 Å². The number of carboxylic acids is 1. The SMILES string of the molecule is CCn1cnnc1CCCC(=O)O. The molecule has 1 aromatic rings. The third-order valence-corrected chi connectivity index (χ3v) is 1.83. The van der Waals surface area contributed by atoms with Gasteiger partial charge in [0.15, 0.2) is 0 Å². The third kappa shape index (κ3) is 2.85. The maximum absolute atomic E-state index is 10.2. The number of hydrogen-bond donors (Lipinski definition) is 1. The molecule has 0 fully saturated rings. The molecule has 0 spiro atoms. The lowest BCUT2D eigenvalue weighted by atomic mass is 10.2. The summed E-state index contributed by atoms with van der Waals surface area (Å²) in [6, 6.07) is 0. The predicted octanol–water partition coefficient (Wildman–Crippen LogP) is 0.705. The molecule has 0 aliphatic rings. The minimum atomic E-state index is -0.762. The molecule has 0 radical (unpaired) electrons. The summed E-state index contributed by atoms with van der Waals surface area (Å²) >= 11 is 0. The van der Waals surface area contributed by atoms with Crippen LogP contribution in [0.1, 0.15) is 25.6 Å². The molecule has 0 aliphatic carbocycles. The largest absolute Gasteiger partial charge is 0.481 e. The molecule has 0 unspecified atom stereocenters. The van der Waals surface area contributed by atoms with E-state index in [1.807, 2.05) is 11.5 Å². The molecule has 1 aromatic heterocycles. The molecule has 0 saturated heterocycles. The average Bonchev–Trinajstić information content (AvgIpc) is 2.51. The predicted molar refractivity (Wildman–Crippen MR) is 46.3 cm³/mol. The maximum Gasteiger partial charge on any atom is 0.303 e. The Hall–Kier alpha value is -1.39. The first-order valence-corrected chi connectivity index (χ1v) is 4.32. The molecular weight excluding hydrogens is 170 g/mol. The van der Waals surface area contributed by atoms with Crippen LogP contribution in [0, 0.1) is 0 Å². The van der Waals surface area contributed by atoms with E-state index in [2.05, 4.69) is 10.2 Å². The molecule has 72 valence electrons. The number of aryl methyl sites for hydroxylation is 2. The summed E-state index contributed by atoms with van der Waals surface area (Å²) in [6.07, 6.45) is 3.15. The lowest BCUT2D eigenvalue weighted by Gasteiger charge is -2.00. The number of aliphatic carboxylic acids is 1. The van der Waals surface area contributed by atoms with Crippen LogP contribution in [0.5, 0.6) is 0 Å². The summed E-state index contributed by atoms with van der Waals surface area (Å²) in [4.78, 5) is 10.2. The molecule has 0 bridgehead atoms. The number of carbonyl (C=O) groups is 1. The molecule has 0 saturated carbocycles. The van der Waals surface area contributed by atoms with Crippen LogP contribution in [0.25, 0.3) is 0 Å². The standard InChI is InChI=1S/C8H13N3O2/c1-2-11-6-9-10-7(11)4-3-5-8(12)13/h6H,2-5H2,1H3,(H,12,13). The summed E-state index contributed by atoms with van der Waals surface area (Å²) in [5, 5.41) is 16.1. The van der Waals surface area contributed by atoms with Gasteiger partial charge in [0.05, 0.1) is 0 Å². The van der Waals surface area contributed by atoms with Crippen molar-refractivity contribution in [2.45, 2.75) is 32.7 Å². The van der Waals surface area contributed by atoms with Crippen molar-refractivity contribution in [1.29, 1.82) is 0 Å². The van der Waals surface area contributed by atoms with Gasteiger partial charge in [-0.15, -0.1) is 10.2 Å². The highest BCUT2D eigenvalue weighted by atomic mass is 16.4. The Labute approximate surface area is 76.4 Å². The Morgan fingerprint density at radius 2 is 2.46 bits per heavy atom. The van der Waals surface area contributed by atoms with Crippen molar-refractivity contribution in [3.8, 4) is 0 Å². The second kappa shape index (κ2) is 4.59. The van der Waals surface area contributed by atoms with E-state index in [-0.39, 0.29) is 6.42 Å². The zero-order valence-electron chi connectivity index (χ0n) is 7.60. The van der Waals surface area contributed by atoms with Crippen LogP contribution >= 0.6 is 0 Å². The van der Waals surface area contributed by atoms with Crippen LogP contribution in [-0.2, 0) is 17.8 Å². The van der Waals surface area contributed by atoms with Crippen LogP contribution < -0.4 is 0 Å². The van der Waals surface area contributed by atoms with Crippen molar-refractivity contribution < 1.29 is 9.90 Å². The van der Waals surface area contributed by atoms with Gasteiger partial charge < -0.3 is 9.67 Å². The molecular formula is C8H13N3O2. The van der Waals surface area contributed by atoms with E-state index >= 15 is 0 Å².